The first-order chi connectivity index (χ1) is 5.97. The van der Waals surface area contributed by atoms with Crippen molar-refractivity contribution in [3.05, 3.63) is 35.4 Å². The van der Waals surface area contributed by atoms with Gasteiger partial charge in [0.1, 0.15) is 11.6 Å². The van der Waals surface area contributed by atoms with E-state index in [1.807, 2.05) is 0 Å². The molecule has 0 fully saturated rings. The molecule has 0 aliphatic heterocycles. The highest BCUT2D eigenvalue weighted by Crippen LogP contribution is 2.33. The molecule has 1 rings (SSSR count). The molecule has 0 radical (unpaired) electrons. The highest BCUT2D eigenvalue weighted by atomic mass is 19.3. The summed E-state index contributed by atoms with van der Waals surface area (Å²) in [6.07, 6.45) is -0.504. The average molecular weight is 192 g/mol. The van der Waals surface area contributed by atoms with Crippen LogP contribution in [0.1, 0.15) is 18.9 Å². The highest BCUT2D eigenvalue weighted by molar-refractivity contribution is 5.22. The van der Waals surface area contributed by atoms with E-state index in [1.54, 1.807) is 0 Å². The molecule has 0 saturated carbocycles. The first-order valence-corrected chi connectivity index (χ1v) is 3.80. The standard InChI is InChI=1S/C9H8F4/c1-2-9(12,13)7-4-3-6(10)5-8(7)11/h3-5H,2H2,1H3. The summed E-state index contributed by atoms with van der Waals surface area (Å²) in [6.45, 7) is 1.24. The van der Waals surface area contributed by atoms with Gasteiger partial charge in [0.25, 0.3) is 5.92 Å². The minimum absolute atomic E-state index is 0.457. The molecule has 0 aliphatic rings. The molecule has 0 bridgehead atoms. The lowest BCUT2D eigenvalue weighted by atomic mass is 10.1. The summed E-state index contributed by atoms with van der Waals surface area (Å²) in [7, 11) is 0. The molecular weight excluding hydrogens is 184 g/mol. The number of alkyl halides is 2. The third-order valence-electron chi connectivity index (χ3n) is 1.77. The van der Waals surface area contributed by atoms with Gasteiger partial charge in [0, 0.05) is 12.5 Å². The van der Waals surface area contributed by atoms with Crippen LogP contribution in [0, 0.1) is 11.6 Å². The Balaban J connectivity index is 3.16. The third kappa shape index (κ3) is 1.99. The molecule has 0 heterocycles. The molecule has 4 heteroatoms. The molecular formula is C9H8F4. The Bertz CT molecular complexity index is 306. The summed E-state index contributed by atoms with van der Waals surface area (Å²) < 4.78 is 51.0. The van der Waals surface area contributed by atoms with Gasteiger partial charge in [-0.1, -0.05) is 6.92 Å². The zero-order chi connectivity index (χ0) is 10.1. The Kier molecular flexibility index (Phi) is 2.59. The van der Waals surface area contributed by atoms with Gasteiger partial charge in [0.05, 0.1) is 5.56 Å². The van der Waals surface area contributed by atoms with E-state index < -0.39 is 29.5 Å². The largest absolute Gasteiger partial charge is 0.275 e. The lowest BCUT2D eigenvalue weighted by molar-refractivity contribution is -0.0118. The fourth-order valence-corrected chi connectivity index (χ4v) is 0.977. The van der Waals surface area contributed by atoms with Crippen molar-refractivity contribution in [1.82, 2.24) is 0 Å². The zero-order valence-corrected chi connectivity index (χ0v) is 6.95. The van der Waals surface area contributed by atoms with Gasteiger partial charge < -0.3 is 0 Å². The van der Waals surface area contributed by atoms with Gasteiger partial charge in [-0.25, -0.2) is 17.6 Å². The second-order valence-corrected chi connectivity index (χ2v) is 2.68. The first kappa shape index (κ1) is 10.0. The van der Waals surface area contributed by atoms with Crippen molar-refractivity contribution >= 4 is 0 Å². The normalized spacial score (nSPS) is 11.8. The van der Waals surface area contributed by atoms with Crippen LogP contribution in [-0.4, -0.2) is 0 Å². The topological polar surface area (TPSA) is 0 Å². The average Bonchev–Trinajstić information content (AvgIpc) is 2.03. The number of halogens is 4. The molecule has 1 aromatic carbocycles. The summed E-state index contributed by atoms with van der Waals surface area (Å²) in [4.78, 5) is 0. The fourth-order valence-electron chi connectivity index (χ4n) is 0.977. The van der Waals surface area contributed by atoms with E-state index in [9.17, 15) is 17.6 Å². The lowest BCUT2D eigenvalue weighted by Gasteiger charge is -2.14. The van der Waals surface area contributed by atoms with Crippen molar-refractivity contribution in [3.63, 3.8) is 0 Å². The smallest absolute Gasteiger partial charge is 0.207 e. The number of benzene rings is 1. The van der Waals surface area contributed by atoms with Gasteiger partial charge in [-0.05, 0) is 12.1 Å². The molecule has 0 spiro atoms. The number of hydrogen-bond acceptors (Lipinski definition) is 0. The van der Waals surface area contributed by atoms with Crippen LogP contribution in [-0.2, 0) is 5.92 Å². The van der Waals surface area contributed by atoms with Crippen LogP contribution in [0.2, 0.25) is 0 Å². The van der Waals surface area contributed by atoms with Crippen LogP contribution in [0.3, 0.4) is 0 Å². The summed E-state index contributed by atoms with van der Waals surface area (Å²) >= 11 is 0. The van der Waals surface area contributed by atoms with Crippen LogP contribution in [0.4, 0.5) is 17.6 Å². The SMILES string of the molecule is CCC(F)(F)c1ccc(F)cc1F. The Morgan fingerprint density at radius 1 is 1.23 bits per heavy atom. The first-order valence-electron chi connectivity index (χ1n) is 3.80. The van der Waals surface area contributed by atoms with E-state index in [0.717, 1.165) is 12.1 Å². The molecule has 0 atom stereocenters. The molecule has 0 amide bonds. The summed E-state index contributed by atoms with van der Waals surface area (Å²) in [5.74, 6) is -5.28. The van der Waals surface area contributed by atoms with Crippen molar-refractivity contribution in [2.45, 2.75) is 19.3 Å². The van der Waals surface area contributed by atoms with Crippen molar-refractivity contribution in [2.75, 3.05) is 0 Å². The Morgan fingerprint density at radius 3 is 2.31 bits per heavy atom. The van der Waals surface area contributed by atoms with Crippen molar-refractivity contribution in [2.24, 2.45) is 0 Å². The lowest BCUT2D eigenvalue weighted by Crippen LogP contribution is -2.13. The Morgan fingerprint density at radius 2 is 1.85 bits per heavy atom. The van der Waals surface area contributed by atoms with Crippen molar-refractivity contribution in [1.29, 1.82) is 0 Å². The van der Waals surface area contributed by atoms with Gasteiger partial charge in [0.2, 0.25) is 0 Å². The third-order valence-corrected chi connectivity index (χ3v) is 1.77. The van der Waals surface area contributed by atoms with E-state index in [1.165, 1.54) is 6.92 Å². The fraction of sp³-hybridized carbons (Fsp3) is 0.333. The molecule has 0 saturated heterocycles. The predicted octanol–water partition coefficient (Wildman–Crippen LogP) is 3.47. The van der Waals surface area contributed by atoms with Crippen LogP contribution in [0.5, 0.6) is 0 Å². The monoisotopic (exact) mass is 192 g/mol. The van der Waals surface area contributed by atoms with Crippen LogP contribution in [0.25, 0.3) is 0 Å². The maximum absolute atomic E-state index is 12.9. The molecule has 0 N–H and O–H groups in total. The van der Waals surface area contributed by atoms with Gasteiger partial charge in [-0.2, -0.15) is 0 Å². The minimum Gasteiger partial charge on any atom is -0.207 e. The zero-order valence-electron chi connectivity index (χ0n) is 6.95. The van der Waals surface area contributed by atoms with Crippen LogP contribution >= 0.6 is 0 Å². The van der Waals surface area contributed by atoms with Gasteiger partial charge in [0.15, 0.2) is 0 Å². The molecule has 13 heavy (non-hydrogen) atoms. The Hall–Kier alpha value is -1.06. The summed E-state index contributed by atoms with van der Waals surface area (Å²) in [6, 6.07) is 2.05. The van der Waals surface area contributed by atoms with Gasteiger partial charge in [-0.3, -0.25) is 0 Å². The van der Waals surface area contributed by atoms with Crippen LogP contribution < -0.4 is 0 Å². The molecule has 0 aromatic heterocycles. The van der Waals surface area contributed by atoms with E-state index >= 15 is 0 Å². The van der Waals surface area contributed by atoms with Crippen LogP contribution in [0.15, 0.2) is 18.2 Å². The van der Waals surface area contributed by atoms with Gasteiger partial charge in [-0.15, -0.1) is 0 Å². The van der Waals surface area contributed by atoms with Crippen molar-refractivity contribution in [3.8, 4) is 0 Å². The van der Waals surface area contributed by atoms with E-state index in [-0.39, 0.29) is 0 Å². The highest BCUT2D eigenvalue weighted by Gasteiger charge is 2.32. The summed E-state index contributed by atoms with van der Waals surface area (Å²) in [5.41, 5.74) is -0.753. The minimum atomic E-state index is -3.22. The van der Waals surface area contributed by atoms with E-state index in [0.29, 0.717) is 6.07 Å². The second-order valence-electron chi connectivity index (χ2n) is 2.68. The molecule has 0 nitrogen and oxygen atoms in total. The van der Waals surface area contributed by atoms with Gasteiger partial charge >= 0.3 is 0 Å². The quantitative estimate of drug-likeness (QED) is 0.629. The maximum atomic E-state index is 12.9. The van der Waals surface area contributed by atoms with Crippen molar-refractivity contribution < 1.29 is 17.6 Å². The molecule has 0 aliphatic carbocycles. The predicted molar refractivity (Wildman–Crippen MR) is 40.5 cm³/mol. The second kappa shape index (κ2) is 3.36. The Labute approximate surface area is 73.2 Å². The number of rotatable bonds is 2. The van der Waals surface area contributed by atoms with E-state index in [2.05, 4.69) is 0 Å². The van der Waals surface area contributed by atoms with E-state index in [4.69, 9.17) is 0 Å². The summed E-state index contributed by atoms with van der Waals surface area (Å²) in [5, 5.41) is 0. The number of hydrogen-bond donors (Lipinski definition) is 0. The maximum Gasteiger partial charge on any atom is 0.275 e. The molecule has 0 unspecified atom stereocenters. The molecule has 1 aromatic rings. The molecule has 72 valence electrons.